The van der Waals surface area contributed by atoms with Gasteiger partial charge in [-0.1, -0.05) is 79.9 Å². The third kappa shape index (κ3) is 9.56. The lowest BCUT2D eigenvalue weighted by atomic mass is 10.1. The highest BCUT2D eigenvalue weighted by atomic mass is 16.6. The van der Waals surface area contributed by atoms with E-state index in [4.69, 9.17) is 33.2 Å². The molecule has 0 N–H and O–H groups in total. The number of para-hydroxylation sites is 1. The number of ether oxygens (including phenoxy) is 7. The highest BCUT2D eigenvalue weighted by Gasteiger charge is 2.23. The summed E-state index contributed by atoms with van der Waals surface area (Å²) < 4.78 is 41.3. The van der Waals surface area contributed by atoms with Crippen molar-refractivity contribution in [3.63, 3.8) is 0 Å². The molecule has 0 aliphatic rings. The Morgan fingerprint density at radius 1 is 0.540 bits per heavy atom. The SMILES string of the molecule is C=C(C)C(=O)OC(COc1ccc2ccccc2c1)COc1cccc(OC)c1OCC(COc1ccc2ccccc2c1)OC(=O)C(=C)C. The van der Waals surface area contributed by atoms with Crippen LogP contribution in [0, 0.1) is 0 Å². The van der Waals surface area contributed by atoms with Crippen LogP contribution in [0.15, 0.2) is 127 Å². The number of hydrogen-bond donors (Lipinski definition) is 0. The van der Waals surface area contributed by atoms with Crippen molar-refractivity contribution in [3.05, 3.63) is 127 Å². The first kappa shape index (κ1) is 35.3. The minimum atomic E-state index is -0.817. The van der Waals surface area contributed by atoms with Gasteiger partial charge in [0.1, 0.15) is 37.9 Å². The van der Waals surface area contributed by atoms with Crippen LogP contribution in [0.2, 0.25) is 0 Å². The Hall–Kier alpha value is -5.96. The molecule has 0 fully saturated rings. The van der Waals surface area contributed by atoms with Gasteiger partial charge in [0.05, 0.1) is 7.11 Å². The minimum Gasteiger partial charge on any atom is -0.493 e. The van der Waals surface area contributed by atoms with E-state index in [0.717, 1.165) is 21.5 Å². The molecule has 0 bridgehead atoms. The molecule has 258 valence electrons. The summed E-state index contributed by atoms with van der Waals surface area (Å²) in [4.78, 5) is 25.1. The van der Waals surface area contributed by atoms with Gasteiger partial charge >= 0.3 is 11.9 Å². The Labute approximate surface area is 291 Å². The molecule has 2 atom stereocenters. The molecule has 0 aliphatic heterocycles. The van der Waals surface area contributed by atoms with E-state index in [1.165, 1.54) is 7.11 Å². The Morgan fingerprint density at radius 3 is 1.46 bits per heavy atom. The van der Waals surface area contributed by atoms with Crippen molar-refractivity contribution in [3.8, 4) is 28.7 Å². The summed E-state index contributed by atoms with van der Waals surface area (Å²) in [6, 6.07) is 32.5. The third-order valence-corrected chi connectivity index (χ3v) is 7.56. The summed E-state index contributed by atoms with van der Waals surface area (Å²) in [6.07, 6.45) is -1.62. The Balaban J connectivity index is 1.29. The second-order valence-electron chi connectivity index (χ2n) is 11.7. The van der Waals surface area contributed by atoms with Crippen molar-refractivity contribution in [1.82, 2.24) is 0 Å². The first-order valence-corrected chi connectivity index (χ1v) is 16.1. The van der Waals surface area contributed by atoms with E-state index < -0.39 is 24.1 Å². The fourth-order valence-electron chi connectivity index (χ4n) is 4.90. The maximum absolute atomic E-state index is 12.5. The first-order chi connectivity index (χ1) is 24.2. The second-order valence-corrected chi connectivity index (χ2v) is 11.7. The molecule has 0 radical (unpaired) electrons. The van der Waals surface area contributed by atoms with Gasteiger partial charge in [0, 0.05) is 11.1 Å². The van der Waals surface area contributed by atoms with Gasteiger partial charge in [0.2, 0.25) is 5.75 Å². The molecule has 50 heavy (non-hydrogen) atoms. The van der Waals surface area contributed by atoms with Gasteiger partial charge in [-0.2, -0.15) is 0 Å². The molecule has 5 aromatic carbocycles. The number of carbonyl (C=O) groups is 2. The van der Waals surface area contributed by atoms with Crippen LogP contribution in [0.4, 0.5) is 0 Å². The molecule has 0 saturated carbocycles. The summed E-state index contributed by atoms with van der Waals surface area (Å²) in [7, 11) is 1.50. The normalized spacial score (nSPS) is 12.0. The molecule has 9 heteroatoms. The number of carbonyl (C=O) groups excluding carboxylic acids is 2. The molecule has 5 rings (SSSR count). The number of esters is 2. The van der Waals surface area contributed by atoms with E-state index in [9.17, 15) is 9.59 Å². The number of fused-ring (bicyclic) bond motifs is 2. The van der Waals surface area contributed by atoms with E-state index >= 15 is 0 Å². The second kappa shape index (κ2) is 16.9. The van der Waals surface area contributed by atoms with Gasteiger partial charge < -0.3 is 33.2 Å². The van der Waals surface area contributed by atoms with E-state index in [0.29, 0.717) is 23.0 Å². The van der Waals surface area contributed by atoms with Gasteiger partial charge in [-0.3, -0.25) is 0 Å². The van der Waals surface area contributed by atoms with E-state index in [-0.39, 0.29) is 43.3 Å². The molecule has 0 saturated heterocycles. The summed E-state index contributed by atoms with van der Waals surface area (Å²) in [5.41, 5.74) is 0.482. The Morgan fingerprint density at radius 2 is 0.980 bits per heavy atom. The lowest BCUT2D eigenvalue weighted by Crippen LogP contribution is -2.32. The van der Waals surface area contributed by atoms with Gasteiger partial charge in [-0.05, 0) is 71.8 Å². The van der Waals surface area contributed by atoms with Crippen LogP contribution in [0.5, 0.6) is 28.7 Å². The average Bonchev–Trinajstić information content (AvgIpc) is 3.13. The number of hydrogen-bond acceptors (Lipinski definition) is 9. The molecule has 0 amide bonds. The topological polar surface area (TPSA) is 98.8 Å². The molecule has 2 unspecified atom stereocenters. The van der Waals surface area contributed by atoms with Crippen molar-refractivity contribution in [2.75, 3.05) is 33.5 Å². The largest absolute Gasteiger partial charge is 0.493 e. The van der Waals surface area contributed by atoms with Gasteiger partial charge in [-0.25, -0.2) is 9.59 Å². The average molecular weight is 677 g/mol. The lowest BCUT2D eigenvalue weighted by Gasteiger charge is -2.23. The van der Waals surface area contributed by atoms with Crippen LogP contribution >= 0.6 is 0 Å². The molecular weight excluding hydrogens is 636 g/mol. The zero-order valence-corrected chi connectivity index (χ0v) is 28.4. The predicted molar refractivity (Wildman–Crippen MR) is 192 cm³/mol. The molecule has 0 spiro atoms. The van der Waals surface area contributed by atoms with Crippen LogP contribution in [0.25, 0.3) is 21.5 Å². The molecule has 0 heterocycles. The van der Waals surface area contributed by atoms with Gasteiger partial charge in [0.25, 0.3) is 0 Å². The van der Waals surface area contributed by atoms with Crippen LogP contribution in [-0.2, 0) is 19.1 Å². The number of rotatable bonds is 17. The third-order valence-electron chi connectivity index (χ3n) is 7.56. The maximum atomic E-state index is 12.5. The lowest BCUT2D eigenvalue weighted by molar-refractivity contribution is -0.148. The van der Waals surface area contributed by atoms with E-state index in [1.54, 1.807) is 32.0 Å². The van der Waals surface area contributed by atoms with E-state index in [1.807, 2.05) is 84.9 Å². The molecule has 9 nitrogen and oxygen atoms in total. The zero-order valence-electron chi connectivity index (χ0n) is 28.4. The molecule has 0 aromatic heterocycles. The van der Waals surface area contributed by atoms with Crippen LogP contribution in [-0.4, -0.2) is 57.7 Å². The van der Waals surface area contributed by atoms with Crippen molar-refractivity contribution in [2.24, 2.45) is 0 Å². The van der Waals surface area contributed by atoms with Crippen LogP contribution in [0.3, 0.4) is 0 Å². The smallest absolute Gasteiger partial charge is 0.333 e. The Kier molecular flexibility index (Phi) is 12.0. The van der Waals surface area contributed by atoms with Crippen molar-refractivity contribution >= 4 is 33.5 Å². The van der Waals surface area contributed by atoms with E-state index in [2.05, 4.69) is 13.2 Å². The Bertz CT molecular complexity index is 1980. The number of benzene rings is 5. The highest BCUT2D eigenvalue weighted by molar-refractivity contribution is 5.87. The summed E-state index contributed by atoms with van der Waals surface area (Å²) >= 11 is 0. The fourth-order valence-corrected chi connectivity index (χ4v) is 4.90. The summed E-state index contributed by atoms with van der Waals surface area (Å²) in [5.74, 6) is 1.03. The first-order valence-electron chi connectivity index (χ1n) is 16.1. The van der Waals surface area contributed by atoms with Gasteiger partial charge in [0.15, 0.2) is 23.7 Å². The fraction of sp³-hybridized carbons (Fsp3) is 0.220. The van der Waals surface area contributed by atoms with Crippen molar-refractivity contribution in [2.45, 2.75) is 26.1 Å². The van der Waals surface area contributed by atoms with Crippen LogP contribution in [0.1, 0.15) is 13.8 Å². The highest BCUT2D eigenvalue weighted by Crippen LogP contribution is 2.37. The predicted octanol–water partition coefficient (Wildman–Crippen LogP) is 7.89. The maximum Gasteiger partial charge on any atom is 0.333 e. The van der Waals surface area contributed by atoms with Crippen LogP contribution < -0.4 is 23.7 Å². The number of methoxy groups -OCH3 is 1. The summed E-state index contributed by atoms with van der Waals surface area (Å²) in [5, 5.41) is 4.19. The van der Waals surface area contributed by atoms with Crippen molar-refractivity contribution in [1.29, 1.82) is 0 Å². The standard InChI is InChI=1S/C41H40O9/c1-27(2)40(42)49-35(23-45-33-19-17-29-11-6-8-13-31(29)21-33)25-47-38-16-10-15-37(44-5)39(38)48-26-36(50-41(43)28(3)4)24-46-34-20-18-30-12-7-9-14-32(30)22-34/h6-22,35-36H,1,3,23-26H2,2,4-5H3. The zero-order chi connectivity index (χ0) is 35.5. The monoisotopic (exact) mass is 676 g/mol. The molecule has 0 aliphatic carbocycles. The molecular formula is C41H40O9. The minimum absolute atomic E-state index is 0.00768. The van der Waals surface area contributed by atoms with Gasteiger partial charge in [-0.15, -0.1) is 0 Å². The summed E-state index contributed by atoms with van der Waals surface area (Å²) in [6.45, 7) is 10.4. The quantitative estimate of drug-likeness (QED) is 0.0719. The molecule has 5 aromatic rings. The van der Waals surface area contributed by atoms with Crippen molar-refractivity contribution < 1.29 is 42.7 Å².